The van der Waals surface area contributed by atoms with E-state index in [0.29, 0.717) is 6.04 Å². The van der Waals surface area contributed by atoms with E-state index in [2.05, 4.69) is 53.1 Å². The van der Waals surface area contributed by atoms with Crippen molar-refractivity contribution in [3.05, 3.63) is 41.2 Å². The summed E-state index contributed by atoms with van der Waals surface area (Å²) in [6.07, 6.45) is 4.69. The van der Waals surface area contributed by atoms with Crippen molar-refractivity contribution in [1.82, 2.24) is 9.55 Å². The largest absolute Gasteiger partial charge is 0.325 e. The Morgan fingerprint density at radius 3 is 2.72 bits per heavy atom. The van der Waals surface area contributed by atoms with Crippen molar-refractivity contribution in [2.24, 2.45) is 0 Å². The van der Waals surface area contributed by atoms with Gasteiger partial charge in [0.2, 0.25) is 5.95 Å². The Morgan fingerprint density at radius 1 is 1.22 bits per heavy atom. The lowest BCUT2D eigenvalue weighted by Gasteiger charge is -2.11. The molecule has 0 saturated heterocycles. The first-order chi connectivity index (χ1) is 8.63. The molecule has 1 aromatic heterocycles. The van der Waals surface area contributed by atoms with Crippen LogP contribution < -0.4 is 5.32 Å². The van der Waals surface area contributed by atoms with Crippen LogP contribution in [0.4, 0.5) is 11.6 Å². The molecule has 94 valence electrons. The molecule has 0 bridgehead atoms. The fourth-order valence-corrected chi connectivity index (χ4v) is 2.23. The van der Waals surface area contributed by atoms with Crippen LogP contribution in [0.15, 0.2) is 24.4 Å². The maximum absolute atomic E-state index is 4.59. The number of imidazole rings is 1. The van der Waals surface area contributed by atoms with Crippen molar-refractivity contribution in [2.45, 2.75) is 39.7 Å². The second-order valence-corrected chi connectivity index (χ2v) is 5.29. The highest BCUT2D eigenvalue weighted by molar-refractivity contribution is 5.60. The minimum absolute atomic E-state index is 0.652. The molecule has 0 amide bonds. The number of aromatic nitrogens is 2. The van der Waals surface area contributed by atoms with Gasteiger partial charge in [-0.05, 0) is 50.8 Å². The van der Waals surface area contributed by atoms with Crippen molar-refractivity contribution >= 4 is 11.6 Å². The van der Waals surface area contributed by atoms with Crippen LogP contribution in [0, 0.1) is 20.8 Å². The minimum atomic E-state index is 0.652. The van der Waals surface area contributed by atoms with E-state index >= 15 is 0 Å². The van der Waals surface area contributed by atoms with Gasteiger partial charge in [-0.15, -0.1) is 0 Å². The SMILES string of the molecule is Cc1ccc(C)c(Nc2nc(C)cn2C2CC2)c1. The fraction of sp³-hybridized carbons (Fsp3) is 0.400. The Hall–Kier alpha value is -1.77. The molecule has 3 rings (SSSR count). The van der Waals surface area contributed by atoms with E-state index in [-0.39, 0.29) is 0 Å². The van der Waals surface area contributed by atoms with Crippen LogP contribution in [0.25, 0.3) is 0 Å². The number of hydrogen-bond donors (Lipinski definition) is 1. The third kappa shape index (κ3) is 2.13. The molecular formula is C15H19N3. The van der Waals surface area contributed by atoms with Crippen LogP contribution in [0.3, 0.4) is 0 Å². The number of rotatable bonds is 3. The molecule has 1 aliphatic rings. The first-order valence-electron chi connectivity index (χ1n) is 6.53. The van der Waals surface area contributed by atoms with Gasteiger partial charge in [0, 0.05) is 17.9 Å². The molecule has 1 saturated carbocycles. The van der Waals surface area contributed by atoms with Crippen molar-refractivity contribution in [3.63, 3.8) is 0 Å². The number of aryl methyl sites for hydroxylation is 3. The van der Waals surface area contributed by atoms with Crippen molar-refractivity contribution in [3.8, 4) is 0 Å². The highest BCUT2D eigenvalue weighted by atomic mass is 15.2. The normalized spacial score (nSPS) is 14.8. The second-order valence-electron chi connectivity index (χ2n) is 5.29. The van der Waals surface area contributed by atoms with Gasteiger partial charge in [-0.1, -0.05) is 12.1 Å². The number of anilines is 2. The summed E-state index contributed by atoms with van der Waals surface area (Å²) >= 11 is 0. The highest BCUT2D eigenvalue weighted by Gasteiger charge is 2.26. The van der Waals surface area contributed by atoms with Gasteiger partial charge in [-0.3, -0.25) is 0 Å². The summed E-state index contributed by atoms with van der Waals surface area (Å²) in [5.41, 5.74) is 4.75. The Kier molecular flexibility index (Phi) is 2.62. The number of benzene rings is 1. The van der Waals surface area contributed by atoms with Crippen LogP contribution in [-0.4, -0.2) is 9.55 Å². The molecule has 1 N–H and O–H groups in total. The molecule has 0 atom stereocenters. The van der Waals surface area contributed by atoms with E-state index in [1.54, 1.807) is 0 Å². The zero-order chi connectivity index (χ0) is 12.7. The molecule has 0 aliphatic heterocycles. The predicted octanol–water partition coefficient (Wildman–Crippen LogP) is 3.89. The van der Waals surface area contributed by atoms with E-state index in [9.17, 15) is 0 Å². The average molecular weight is 241 g/mol. The molecule has 0 spiro atoms. The third-order valence-corrected chi connectivity index (χ3v) is 3.43. The van der Waals surface area contributed by atoms with Gasteiger partial charge in [0.05, 0.1) is 5.69 Å². The predicted molar refractivity (Wildman–Crippen MR) is 74.4 cm³/mol. The van der Waals surface area contributed by atoms with Gasteiger partial charge in [-0.2, -0.15) is 0 Å². The highest BCUT2D eigenvalue weighted by Crippen LogP contribution is 2.38. The molecule has 2 aromatic rings. The summed E-state index contributed by atoms with van der Waals surface area (Å²) in [5, 5.41) is 3.48. The minimum Gasteiger partial charge on any atom is -0.325 e. The van der Waals surface area contributed by atoms with Crippen molar-refractivity contribution < 1.29 is 0 Å². The molecule has 3 nitrogen and oxygen atoms in total. The van der Waals surface area contributed by atoms with Crippen LogP contribution in [0.1, 0.15) is 35.7 Å². The molecule has 1 aliphatic carbocycles. The van der Waals surface area contributed by atoms with Crippen molar-refractivity contribution in [1.29, 1.82) is 0 Å². The van der Waals surface area contributed by atoms with Crippen LogP contribution in [0.2, 0.25) is 0 Å². The Labute approximate surface area is 108 Å². The topological polar surface area (TPSA) is 29.9 Å². The second kappa shape index (κ2) is 4.16. The summed E-state index contributed by atoms with van der Waals surface area (Å²) in [4.78, 5) is 4.59. The van der Waals surface area contributed by atoms with Gasteiger partial charge in [-0.25, -0.2) is 4.98 Å². The van der Waals surface area contributed by atoms with Gasteiger partial charge >= 0.3 is 0 Å². The van der Waals surface area contributed by atoms with Gasteiger partial charge in [0.25, 0.3) is 0 Å². The monoisotopic (exact) mass is 241 g/mol. The summed E-state index contributed by atoms with van der Waals surface area (Å²) in [5.74, 6) is 0.976. The van der Waals surface area contributed by atoms with Crippen LogP contribution in [0.5, 0.6) is 0 Å². The Bertz CT molecular complexity index is 579. The molecular weight excluding hydrogens is 222 g/mol. The van der Waals surface area contributed by atoms with E-state index in [0.717, 1.165) is 17.3 Å². The molecule has 1 heterocycles. The summed E-state index contributed by atoms with van der Waals surface area (Å²) in [6.45, 7) is 6.29. The molecule has 1 fully saturated rings. The van der Waals surface area contributed by atoms with E-state index in [1.807, 2.05) is 6.92 Å². The Morgan fingerprint density at radius 2 is 2.00 bits per heavy atom. The lowest BCUT2D eigenvalue weighted by molar-refractivity contribution is 0.750. The third-order valence-electron chi connectivity index (χ3n) is 3.43. The standard InChI is InChI=1S/C15H19N3/c1-10-4-5-11(2)14(8-10)17-15-16-12(3)9-18(15)13-6-7-13/h4-5,8-9,13H,6-7H2,1-3H3,(H,16,17). The van der Waals surface area contributed by atoms with Gasteiger partial charge < -0.3 is 9.88 Å². The van der Waals surface area contributed by atoms with E-state index < -0.39 is 0 Å². The maximum atomic E-state index is 4.59. The Balaban J connectivity index is 1.94. The molecule has 0 unspecified atom stereocenters. The average Bonchev–Trinajstić information content (AvgIpc) is 3.09. The maximum Gasteiger partial charge on any atom is 0.207 e. The molecule has 1 aromatic carbocycles. The smallest absolute Gasteiger partial charge is 0.207 e. The van der Waals surface area contributed by atoms with Crippen LogP contribution >= 0.6 is 0 Å². The van der Waals surface area contributed by atoms with Gasteiger partial charge in [0.1, 0.15) is 0 Å². The van der Waals surface area contributed by atoms with Gasteiger partial charge in [0.15, 0.2) is 0 Å². The molecule has 18 heavy (non-hydrogen) atoms. The van der Waals surface area contributed by atoms with Crippen molar-refractivity contribution in [2.75, 3.05) is 5.32 Å². The van der Waals surface area contributed by atoms with E-state index in [4.69, 9.17) is 0 Å². The zero-order valence-corrected chi connectivity index (χ0v) is 11.2. The zero-order valence-electron chi connectivity index (χ0n) is 11.2. The summed E-state index contributed by atoms with van der Waals surface area (Å²) in [7, 11) is 0. The quantitative estimate of drug-likeness (QED) is 0.883. The summed E-state index contributed by atoms with van der Waals surface area (Å²) < 4.78 is 2.27. The lowest BCUT2D eigenvalue weighted by Crippen LogP contribution is -2.02. The van der Waals surface area contributed by atoms with E-state index in [1.165, 1.54) is 24.0 Å². The lowest BCUT2D eigenvalue weighted by atomic mass is 10.1. The molecule has 0 radical (unpaired) electrons. The summed E-state index contributed by atoms with van der Waals surface area (Å²) in [6, 6.07) is 7.11. The first kappa shape index (κ1) is 11.3. The fourth-order valence-electron chi connectivity index (χ4n) is 2.23. The number of nitrogens with zero attached hydrogens (tertiary/aromatic N) is 2. The number of nitrogens with one attached hydrogen (secondary N) is 1. The first-order valence-corrected chi connectivity index (χ1v) is 6.53. The number of hydrogen-bond acceptors (Lipinski definition) is 2. The molecule has 3 heteroatoms. The van der Waals surface area contributed by atoms with Crippen LogP contribution in [-0.2, 0) is 0 Å².